The quantitative estimate of drug-likeness (QED) is 0.711. The molecule has 1 rings (SSSR count). The van der Waals surface area contributed by atoms with Gasteiger partial charge in [0.15, 0.2) is 0 Å². The number of thiocarbonyl (C=S) groups is 1. The van der Waals surface area contributed by atoms with Crippen molar-refractivity contribution in [2.45, 2.75) is 31.7 Å². The number of likely N-dealkylation sites (tertiary alicyclic amines) is 1. The van der Waals surface area contributed by atoms with Crippen LogP contribution in [0.4, 0.5) is 8.78 Å². The molecule has 0 radical (unpaired) electrons. The van der Waals surface area contributed by atoms with Gasteiger partial charge in [-0.2, -0.15) is 0 Å². The second kappa shape index (κ2) is 3.84. The molecule has 1 heterocycles. The fourth-order valence-electron chi connectivity index (χ4n) is 1.67. The maximum atomic E-state index is 12.8. The van der Waals surface area contributed by atoms with E-state index in [-0.39, 0.29) is 19.0 Å². The third kappa shape index (κ3) is 2.57. The van der Waals surface area contributed by atoms with Gasteiger partial charge in [-0.3, -0.25) is 4.90 Å². The Morgan fingerprint density at radius 1 is 1.69 bits per heavy atom. The highest BCUT2D eigenvalue weighted by Crippen LogP contribution is 2.28. The van der Waals surface area contributed by atoms with Crippen LogP contribution >= 0.6 is 12.2 Å². The van der Waals surface area contributed by atoms with Crippen molar-refractivity contribution in [3.63, 3.8) is 0 Å². The number of nitrogens with two attached hydrogens (primary N) is 1. The van der Waals surface area contributed by atoms with E-state index in [1.165, 1.54) is 0 Å². The standard InChI is InChI=1S/C8H14F2N2S/c1-2-6(7(11)13)12-4-3-8(9,10)5-12/h6H,2-5H2,1H3,(H2,11,13). The van der Waals surface area contributed by atoms with Gasteiger partial charge in [-0.25, -0.2) is 8.78 Å². The molecular formula is C8H14F2N2S. The molecule has 5 heteroatoms. The van der Waals surface area contributed by atoms with E-state index in [4.69, 9.17) is 18.0 Å². The molecular weight excluding hydrogens is 194 g/mol. The molecule has 0 aromatic rings. The SMILES string of the molecule is CCC(C(N)=S)N1CCC(F)(F)C1. The van der Waals surface area contributed by atoms with E-state index in [1.54, 1.807) is 4.90 Å². The summed E-state index contributed by atoms with van der Waals surface area (Å²) >= 11 is 4.82. The fourth-order valence-corrected chi connectivity index (χ4v) is 1.98. The van der Waals surface area contributed by atoms with Crippen molar-refractivity contribution in [3.8, 4) is 0 Å². The monoisotopic (exact) mass is 208 g/mol. The maximum Gasteiger partial charge on any atom is 0.261 e. The van der Waals surface area contributed by atoms with Gasteiger partial charge in [-0.1, -0.05) is 19.1 Å². The number of hydrogen-bond donors (Lipinski definition) is 1. The Balaban J connectivity index is 2.58. The topological polar surface area (TPSA) is 29.3 Å². The Hall–Kier alpha value is -0.290. The minimum atomic E-state index is -2.56. The summed E-state index contributed by atoms with van der Waals surface area (Å²) in [7, 11) is 0. The van der Waals surface area contributed by atoms with E-state index in [0.29, 0.717) is 18.0 Å². The molecule has 0 spiro atoms. The van der Waals surface area contributed by atoms with Crippen LogP contribution in [0.2, 0.25) is 0 Å². The van der Waals surface area contributed by atoms with E-state index in [1.807, 2.05) is 6.92 Å². The highest BCUT2D eigenvalue weighted by molar-refractivity contribution is 7.80. The van der Waals surface area contributed by atoms with Crippen molar-refractivity contribution in [1.82, 2.24) is 4.90 Å². The smallest absolute Gasteiger partial charge is 0.261 e. The van der Waals surface area contributed by atoms with Gasteiger partial charge >= 0.3 is 0 Å². The average Bonchev–Trinajstić information content (AvgIpc) is 2.31. The zero-order chi connectivity index (χ0) is 10.1. The minimum absolute atomic E-state index is 0.0773. The number of rotatable bonds is 3. The molecule has 0 aromatic heterocycles. The van der Waals surface area contributed by atoms with Crippen molar-refractivity contribution in [3.05, 3.63) is 0 Å². The molecule has 1 atom stereocenters. The van der Waals surface area contributed by atoms with Gasteiger partial charge in [0.2, 0.25) is 0 Å². The molecule has 0 bridgehead atoms. The van der Waals surface area contributed by atoms with Crippen molar-refractivity contribution in [2.75, 3.05) is 13.1 Å². The van der Waals surface area contributed by atoms with Gasteiger partial charge in [0.05, 0.1) is 17.6 Å². The molecule has 1 fully saturated rings. The summed E-state index contributed by atoms with van der Waals surface area (Å²) in [4.78, 5) is 1.99. The predicted molar refractivity (Wildman–Crippen MR) is 52.0 cm³/mol. The molecule has 1 aliphatic rings. The minimum Gasteiger partial charge on any atom is -0.392 e. The van der Waals surface area contributed by atoms with Crippen LogP contribution in [-0.2, 0) is 0 Å². The van der Waals surface area contributed by atoms with Crippen molar-refractivity contribution in [1.29, 1.82) is 0 Å². The molecule has 1 saturated heterocycles. The number of nitrogens with zero attached hydrogens (tertiary/aromatic N) is 1. The van der Waals surface area contributed by atoms with Crippen LogP contribution in [0.5, 0.6) is 0 Å². The fraction of sp³-hybridized carbons (Fsp3) is 0.875. The van der Waals surface area contributed by atoms with Crippen LogP contribution in [-0.4, -0.2) is 34.9 Å². The molecule has 13 heavy (non-hydrogen) atoms. The van der Waals surface area contributed by atoms with E-state index in [9.17, 15) is 8.78 Å². The van der Waals surface area contributed by atoms with E-state index in [2.05, 4.69) is 0 Å². The largest absolute Gasteiger partial charge is 0.392 e. The average molecular weight is 208 g/mol. The molecule has 76 valence electrons. The lowest BCUT2D eigenvalue weighted by molar-refractivity contribution is 0.0103. The molecule has 0 saturated carbocycles. The summed E-state index contributed by atoms with van der Waals surface area (Å²) in [5.41, 5.74) is 5.46. The lowest BCUT2D eigenvalue weighted by Crippen LogP contribution is -2.43. The van der Waals surface area contributed by atoms with Crippen LogP contribution in [0.1, 0.15) is 19.8 Å². The first-order chi connectivity index (χ1) is 5.96. The second-order valence-corrected chi connectivity index (χ2v) is 3.87. The number of halogens is 2. The van der Waals surface area contributed by atoms with Gasteiger partial charge in [0, 0.05) is 13.0 Å². The Morgan fingerprint density at radius 2 is 2.31 bits per heavy atom. The lowest BCUT2D eigenvalue weighted by atomic mass is 10.2. The molecule has 0 aromatic carbocycles. The first-order valence-corrected chi connectivity index (χ1v) is 4.78. The molecule has 1 unspecified atom stereocenters. The summed E-state index contributed by atoms with van der Waals surface area (Å²) in [5.74, 6) is -2.56. The third-order valence-corrected chi connectivity index (χ3v) is 2.63. The van der Waals surface area contributed by atoms with E-state index >= 15 is 0 Å². The molecule has 1 aliphatic heterocycles. The van der Waals surface area contributed by atoms with Crippen molar-refractivity contribution >= 4 is 17.2 Å². The van der Waals surface area contributed by atoms with Gasteiger partial charge in [-0.05, 0) is 6.42 Å². The van der Waals surface area contributed by atoms with Crippen LogP contribution in [0, 0.1) is 0 Å². The Morgan fingerprint density at radius 3 is 2.62 bits per heavy atom. The first kappa shape index (κ1) is 10.8. The third-order valence-electron chi connectivity index (χ3n) is 2.36. The first-order valence-electron chi connectivity index (χ1n) is 4.37. The highest BCUT2D eigenvalue weighted by Gasteiger charge is 2.40. The molecule has 2 nitrogen and oxygen atoms in total. The van der Waals surface area contributed by atoms with Gasteiger partial charge in [0.1, 0.15) is 0 Å². The summed E-state index contributed by atoms with van der Waals surface area (Å²) in [6.45, 7) is 2.09. The normalized spacial score (nSPS) is 24.5. The summed E-state index contributed by atoms with van der Waals surface area (Å²) in [6.07, 6.45) is 0.623. The van der Waals surface area contributed by atoms with Crippen LogP contribution < -0.4 is 5.73 Å². The summed E-state index contributed by atoms with van der Waals surface area (Å²) in [5, 5.41) is 0. The molecule has 0 amide bonds. The highest BCUT2D eigenvalue weighted by atomic mass is 32.1. The van der Waals surface area contributed by atoms with Gasteiger partial charge in [-0.15, -0.1) is 0 Å². The van der Waals surface area contributed by atoms with Crippen LogP contribution in [0.25, 0.3) is 0 Å². The number of alkyl halides is 2. The van der Waals surface area contributed by atoms with Crippen molar-refractivity contribution in [2.24, 2.45) is 5.73 Å². The zero-order valence-electron chi connectivity index (χ0n) is 7.59. The zero-order valence-corrected chi connectivity index (χ0v) is 8.41. The van der Waals surface area contributed by atoms with Crippen LogP contribution in [0.15, 0.2) is 0 Å². The lowest BCUT2D eigenvalue weighted by Gasteiger charge is -2.25. The van der Waals surface area contributed by atoms with E-state index < -0.39 is 5.92 Å². The van der Waals surface area contributed by atoms with Gasteiger partial charge in [0.25, 0.3) is 5.92 Å². The van der Waals surface area contributed by atoms with Gasteiger partial charge < -0.3 is 5.73 Å². The number of hydrogen-bond acceptors (Lipinski definition) is 2. The second-order valence-electron chi connectivity index (χ2n) is 3.40. The molecule has 2 N–H and O–H groups in total. The maximum absolute atomic E-state index is 12.8. The Labute approximate surface area is 82.1 Å². The molecule has 0 aliphatic carbocycles. The van der Waals surface area contributed by atoms with Crippen molar-refractivity contribution < 1.29 is 8.78 Å². The summed E-state index contributed by atoms with van der Waals surface area (Å²) in [6, 6.07) is -0.164. The Bertz CT molecular complexity index is 208. The summed E-state index contributed by atoms with van der Waals surface area (Å²) < 4.78 is 25.7. The van der Waals surface area contributed by atoms with Crippen LogP contribution in [0.3, 0.4) is 0 Å². The van der Waals surface area contributed by atoms with E-state index in [0.717, 1.165) is 0 Å². The predicted octanol–water partition coefficient (Wildman–Crippen LogP) is 1.39. The Kier molecular flexibility index (Phi) is 3.18.